The van der Waals surface area contributed by atoms with E-state index in [4.69, 9.17) is 0 Å². The molecule has 1 aliphatic carbocycles. The molecular formula is C9H13F3O7S. The zero-order chi connectivity index (χ0) is 15.8. The number of hydrogen-bond acceptors (Lipinski definition) is 7. The van der Waals surface area contributed by atoms with Crippen LogP contribution in [0.15, 0.2) is 0 Å². The van der Waals surface area contributed by atoms with E-state index in [-0.39, 0.29) is 0 Å². The highest BCUT2D eigenvalue weighted by Gasteiger charge is 2.90. The van der Waals surface area contributed by atoms with Crippen LogP contribution < -0.4 is 0 Å². The van der Waals surface area contributed by atoms with E-state index in [0.29, 0.717) is 0 Å². The molecule has 2 aliphatic rings. The van der Waals surface area contributed by atoms with Crippen molar-refractivity contribution in [2.24, 2.45) is 5.41 Å². The van der Waals surface area contributed by atoms with Gasteiger partial charge in [0.05, 0.1) is 6.61 Å². The van der Waals surface area contributed by atoms with Gasteiger partial charge in [0.15, 0.2) is 11.9 Å². The van der Waals surface area contributed by atoms with Gasteiger partial charge in [-0.1, -0.05) is 13.8 Å². The number of hydrogen-bond donors (Lipinski definition) is 3. The maximum atomic E-state index is 12.3. The Labute approximate surface area is 112 Å². The molecule has 11 heteroatoms. The van der Waals surface area contributed by atoms with Gasteiger partial charge in [-0.3, -0.25) is 4.18 Å². The van der Waals surface area contributed by atoms with Crippen LogP contribution in [0.3, 0.4) is 0 Å². The third-order valence-electron chi connectivity index (χ3n) is 4.18. The minimum absolute atomic E-state index is 0.821. The van der Waals surface area contributed by atoms with Crippen LogP contribution in [0.25, 0.3) is 0 Å². The van der Waals surface area contributed by atoms with Crippen molar-refractivity contribution in [2.75, 3.05) is 6.61 Å². The lowest BCUT2D eigenvalue weighted by Gasteiger charge is -2.33. The molecule has 0 radical (unpaired) electrons. The molecular weight excluding hydrogens is 309 g/mol. The Balaban J connectivity index is 2.34. The molecule has 4 atom stereocenters. The summed E-state index contributed by atoms with van der Waals surface area (Å²) in [5.74, 6) is 0. The number of ether oxygens (including phenoxy) is 1. The molecule has 1 heterocycles. The van der Waals surface area contributed by atoms with Crippen LogP contribution in [0.5, 0.6) is 0 Å². The molecule has 0 aromatic heterocycles. The van der Waals surface area contributed by atoms with E-state index in [2.05, 4.69) is 8.92 Å². The molecule has 3 N–H and O–H groups in total. The minimum atomic E-state index is -5.97. The maximum Gasteiger partial charge on any atom is 0.523 e. The summed E-state index contributed by atoms with van der Waals surface area (Å²) in [5.41, 5.74) is -11.9. The molecule has 118 valence electrons. The summed E-state index contributed by atoms with van der Waals surface area (Å²) >= 11 is 0. The number of aliphatic hydroxyl groups is 3. The van der Waals surface area contributed by atoms with Crippen molar-refractivity contribution in [3.63, 3.8) is 0 Å². The van der Waals surface area contributed by atoms with Crippen LogP contribution in [0.1, 0.15) is 13.8 Å². The van der Waals surface area contributed by atoms with Gasteiger partial charge < -0.3 is 20.1 Å². The fourth-order valence-electron chi connectivity index (χ4n) is 2.77. The molecule has 7 nitrogen and oxygen atoms in total. The van der Waals surface area contributed by atoms with Crippen LogP contribution in [-0.4, -0.2) is 59.4 Å². The van der Waals surface area contributed by atoms with Crippen molar-refractivity contribution in [3.8, 4) is 0 Å². The highest BCUT2D eigenvalue weighted by atomic mass is 32.2. The van der Waals surface area contributed by atoms with Crippen molar-refractivity contribution >= 4 is 10.1 Å². The molecule has 1 saturated carbocycles. The van der Waals surface area contributed by atoms with Crippen molar-refractivity contribution in [1.82, 2.24) is 0 Å². The quantitative estimate of drug-likeness (QED) is 0.445. The molecule has 2 rings (SSSR count). The zero-order valence-corrected chi connectivity index (χ0v) is 11.2. The summed E-state index contributed by atoms with van der Waals surface area (Å²) in [5, 5.41) is 29.8. The second kappa shape index (κ2) is 3.84. The fraction of sp³-hybridized carbons (Fsp3) is 1.00. The molecule has 1 saturated heterocycles. The first-order valence-electron chi connectivity index (χ1n) is 5.47. The van der Waals surface area contributed by atoms with Gasteiger partial charge in [0, 0.05) is 5.41 Å². The van der Waals surface area contributed by atoms with Crippen LogP contribution in [0, 0.1) is 5.41 Å². The van der Waals surface area contributed by atoms with Gasteiger partial charge in [-0.25, -0.2) is 0 Å². The minimum Gasteiger partial charge on any atom is -0.383 e. The molecule has 1 aliphatic heterocycles. The van der Waals surface area contributed by atoms with E-state index in [1.54, 1.807) is 0 Å². The molecule has 2 fully saturated rings. The van der Waals surface area contributed by atoms with E-state index in [0.717, 1.165) is 0 Å². The fourth-order valence-corrected chi connectivity index (χ4v) is 3.38. The summed E-state index contributed by atoms with van der Waals surface area (Å²) in [6, 6.07) is 0. The number of alkyl halides is 3. The highest BCUT2D eigenvalue weighted by molar-refractivity contribution is 7.87. The van der Waals surface area contributed by atoms with Gasteiger partial charge >= 0.3 is 15.6 Å². The standard InChI is InChI=1S/C9H13F3O7S/c1-6(2)7(14)4(3-18-5(13)8(6,7)15)19-20(16,17)9(10,11)12/h4-5,13-15H,3H2,1-2H3/t4-,5+,7-,8+/m1/s1. The summed E-state index contributed by atoms with van der Waals surface area (Å²) < 4.78 is 67.3. The molecule has 0 spiro atoms. The summed E-state index contributed by atoms with van der Waals surface area (Å²) in [6.45, 7) is 1.65. The molecule has 0 aromatic rings. The molecule has 0 unspecified atom stereocenters. The van der Waals surface area contributed by atoms with E-state index >= 15 is 0 Å². The first-order valence-corrected chi connectivity index (χ1v) is 6.88. The summed E-state index contributed by atoms with van der Waals surface area (Å²) in [4.78, 5) is 0. The Hall–Kier alpha value is -0.460. The first kappa shape index (κ1) is 15.9. The average molecular weight is 322 g/mol. The van der Waals surface area contributed by atoms with Crippen molar-refractivity contribution in [1.29, 1.82) is 0 Å². The number of rotatable bonds is 2. The van der Waals surface area contributed by atoms with Crippen molar-refractivity contribution < 1.29 is 45.8 Å². The monoisotopic (exact) mass is 322 g/mol. The molecule has 20 heavy (non-hydrogen) atoms. The smallest absolute Gasteiger partial charge is 0.383 e. The van der Waals surface area contributed by atoms with Crippen LogP contribution >= 0.6 is 0 Å². The molecule has 0 amide bonds. The van der Waals surface area contributed by atoms with Gasteiger partial charge in [-0.2, -0.15) is 21.6 Å². The second-order valence-corrected chi connectivity index (χ2v) is 6.89. The Bertz CT molecular complexity index is 530. The zero-order valence-electron chi connectivity index (χ0n) is 10.4. The third kappa shape index (κ3) is 1.56. The van der Waals surface area contributed by atoms with Crippen molar-refractivity contribution in [3.05, 3.63) is 0 Å². The van der Waals surface area contributed by atoms with Gasteiger partial charge in [-0.05, 0) is 0 Å². The van der Waals surface area contributed by atoms with Gasteiger partial charge in [0.1, 0.15) is 11.7 Å². The normalized spacial score (nSPS) is 44.0. The predicted octanol–water partition coefficient (Wildman–Crippen LogP) is -0.928. The number of halogens is 3. The first-order chi connectivity index (χ1) is 8.73. The van der Waals surface area contributed by atoms with Crippen LogP contribution in [0.2, 0.25) is 0 Å². The summed E-state index contributed by atoms with van der Waals surface area (Å²) in [7, 11) is -5.97. The lowest BCUT2D eigenvalue weighted by atomic mass is 10.0. The average Bonchev–Trinajstić information content (AvgIpc) is 2.63. The van der Waals surface area contributed by atoms with Crippen molar-refractivity contribution in [2.45, 2.75) is 43.0 Å². The van der Waals surface area contributed by atoms with Gasteiger partial charge in [0.25, 0.3) is 0 Å². The van der Waals surface area contributed by atoms with Gasteiger partial charge in [-0.15, -0.1) is 0 Å². The van der Waals surface area contributed by atoms with E-state index in [9.17, 15) is 36.9 Å². The van der Waals surface area contributed by atoms with Gasteiger partial charge in [0.2, 0.25) is 0 Å². The topological polar surface area (TPSA) is 113 Å². The lowest BCUT2D eigenvalue weighted by molar-refractivity contribution is -0.250. The third-order valence-corrected chi connectivity index (χ3v) is 5.23. The summed E-state index contributed by atoms with van der Waals surface area (Å²) in [6.07, 6.45) is -3.85. The molecule has 0 bridgehead atoms. The Morgan fingerprint density at radius 2 is 1.75 bits per heavy atom. The van der Waals surface area contributed by atoms with E-state index in [1.165, 1.54) is 13.8 Å². The Morgan fingerprint density at radius 3 is 2.20 bits per heavy atom. The second-order valence-electron chi connectivity index (χ2n) is 5.33. The predicted molar refractivity (Wildman–Crippen MR) is 55.5 cm³/mol. The largest absolute Gasteiger partial charge is 0.523 e. The lowest BCUT2D eigenvalue weighted by Crippen LogP contribution is -2.54. The Morgan fingerprint density at radius 1 is 1.25 bits per heavy atom. The maximum absolute atomic E-state index is 12.3. The number of fused-ring (bicyclic) bond motifs is 1. The molecule has 0 aromatic carbocycles. The Kier molecular flexibility index (Phi) is 3.06. The van der Waals surface area contributed by atoms with E-state index < -0.39 is 51.2 Å². The van der Waals surface area contributed by atoms with Crippen LogP contribution in [0.4, 0.5) is 13.2 Å². The van der Waals surface area contributed by atoms with Crippen LogP contribution in [-0.2, 0) is 19.0 Å². The SMILES string of the molecule is CC1(C)[C@]2(O)[C@H](OS(=O)(=O)C(F)(F)F)CO[C@H](O)[C@]12O. The number of aliphatic hydroxyl groups excluding tert-OH is 1. The van der Waals surface area contributed by atoms with E-state index in [1.807, 2.05) is 0 Å². The highest BCUT2D eigenvalue weighted by Crippen LogP contribution is 2.70.